The number of rotatable bonds is 6. The number of nitrogens with one attached hydrogen (secondary N) is 1. The zero-order chi connectivity index (χ0) is 23.5. The Morgan fingerprint density at radius 3 is 2.50 bits per heavy atom. The standard InChI is InChI=1S/C25H23FN6O2/c26-22-13-20(34-21-9-10-28-23(14-21)17-15-29-30-16-17)7-8-24(22)32(25(27)33)19-5-3-18(4-6-19)31-11-1-2-12-31/h3-10,13-16H,1-2,11-12H2,(H2,27,33)(H,29,30). The van der Waals surface area contributed by atoms with E-state index < -0.39 is 11.8 Å². The molecule has 1 aliphatic heterocycles. The van der Waals surface area contributed by atoms with Crippen molar-refractivity contribution in [1.82, 2.24) is 15.2 Å². The average molecular weight is 458 g/mol. The molecule has 34 heavy (non-hydrogen) atoms. The summed E-state index contributed by atoms with van der Waals surface area (Å²) >= 11 is 0. The number of nitrogens with two attached hydrogens (primary N) is 1. The molecule has 3 heterocycles. The fraction of sp³-hybridized carbons (Fsp3) is 0.160. The predicted octanol–water partition coefficient (Wildman–Crippen LogP) is 5.22. The number of amides is 2. The van der Waals surface area contributed by atoms with Crippen LogP contribution in [0.3, 0.4) is 0 Å². The van der Waals surface area contributed by atoms with Gasteiger partial charge in [0.25, 0.3) is 0 Å². The number of carbonyl (C=O) groups excluding carboxylic acids is 1. The van der Waals surface area contributed by atoms with Gasteiger partial charge in [-0.05, 0) is 55.3 Å². The van der Waals surface area contributed by atoms with E-state index >= 15 is 4.39 Å². The van der Waals surface area contributed by atoms with Gasteiger partial charge in [-0.3, -0.25) is 15.0 Å². The van der Waals surface area contributed by atoms with Gasteiger partial charge in [-0.1, -0.05) is 0 Å². The highest BCUT2D eigenvalue weighted by Gasteiger charge is 2.20. The molecule has 2 aromatic heterocycles. The van der Waals surface area contributed by atoms with Crippen LogP contribution in [0.1, 0.15) is 12.8 Å². The van der Waals surface area contributed by atoms with Crippen LogP contribution in [0.25, 0.3) is 11.3 Å². The first-order valence-electron chi connectivity index (χ1n) is 11.0. The number of H-pyrrole nitrogens is 1. The number of halogens is 1. The molecule has 2 amide bonds. The molecule has 0 saturated carbocycles. The summed E-state index contributed by atoms with van der Waals surface area (Å²) in [6.07, 6.45) is 7.30. The number of carbonyl (C=O) groups is 1. The van der Waals surface area contributed by atoms with Crippen molar-refractivity contribution in [2.45, 2.75) is 12.8 Å². The predicted molar refractivity (Wildman–Crippen MR) is 128 cm³/mol. The lowest BCUT2D eigenvalue weighted by Crippen LogP contribution is -2.32. The summed E-state index contributed by atoms with van der Waals surface area (Å²) in [5.74, 6) is 0.131. The second kappa shape index (κ2) is 9.22. The van der Waals surface area contributed by atoms with E-state index in [9.17, 15) is 4.79 Å². The highest BCUT2D eigenvalue weighted by atomic mass is 19.1. The van der Waals surface area contributed by atoms with Crippen molar-refractivity contribution in [3.8, 4) is 22.8 Å². The zero-order valence-electron chi connectivity index (χ0n) is 18.3. The van der Waals surface area contributed by atoms with Crippen LogP contribution in [0, 0.1) is 5.82 Å². The van der Waals surface area contributed by atoms with Gasteiger partial charge >= 0.3 is 6.03 Å². The maximum absolute atomic E-state index is 15.1. The van der Waals surface area contributed by atoms with Crippen LogP contribution in [0.2, 0.25) is 0 Å². The Labute approximate surface area is 195 Å². The minimum atomic E-state index is -0.777. The van der Waals surface area contributed by atoms with Gasteiger partial charge in [0.05, 0.1) is 23.3 Å². The largest absolute Gasteiger partial charge is 0.457 e. The SMILES string of the molecule is NC(=O)N(c1ccc(N2CCCC2)cc1)c1ccc(Oc2ccnc(-c3cn[nH]c3)c2)cc1F. The van der Waals surface area contributed by atoms with Crippen LogP contribution < -0.4 is 20.3 Å². The fourth-order valence-corrected chi connectivity index (χ4v) is 4.06. The Kier molecular flexibility index (Phi) is 5.82. The number of primary amides is 1. The molecule has 9 heteroatoms. The van der Waals surface area contributed by atoms with Crippen molar-refractivity contribution in [2.75, 3.05) is 22.9 Å². The van der Waals surface area contributed by atoms with Gasteiger partial charge in [-0.25, -0.2) is 9.18 Å². The van der Waals surface area contributed by atoms with Crippen LogP contribution >= 0.6 is 0 Å². The summed E-state index contributed by atoms with van der Waals surface area (Å²) < 4.78 is 20.9. The number of pyridine rings is 1. The first-order chi connectivity index (χ1) is 16.6. The third-order valence-electron chi connectivity index (χ3n) is 5.72. The van der Waals surface area contributed by atoms with E-state index in [1.807, 2.05) is 12.1 Å². The van der Waals surface area contributed by atoms with E-state index in [1.165, 1.54) is 25.0 Å². The first-order valence-corrected chi connectivity index (χ1v) is 11.0. The van der Waals surface area contributed by atoms with Crippen molar-refractivity contribution in [3.05, 3.63) is 79.0 Å². The number of anilines is 3. The minimum absolute atomic E-state index is 0.0441. The van der Waals surface area contributed by atoms with Crippen LogP contribution in [-0.2, 0) is 0 Å². The quantitative estimate of drug-likeness (QED) is 0.413. The molecule has 172 valence electrons. The Morgan fingerprint density at radius 2 is 1.82 bits per heavy atom. The van der Waals surface area contributed by atoms with Gasteiger partial charge < -0.3 is 15.4 Å². The van der Waals surface area contributed by atoms with Crippen molar-refractivity contribution >= 4 is 23.1 Å². The van der Waals surface area contributed by atoms with E-state index in [0.717, 1.165) is 29.2 Å². The third kappa shape index (κ3) is 4.40. The van der Waals surface area contributed by atoms with E-state index in [1.54, 1.807) is 48.9 Å². The topological polar surface area (TPSA) is 100 Å². The molecule has 1 aliphatic rings. The summed E-state index contributed by atoms with van der Waals surface area (Å²) in [6.45, 7) is 2.02. The molecular weight excluding hydrogens is 435 g/mol. The molecule has 5 rings (SSSR count). The fourth-order valence-electron chi connectivity index (χ4n) is 4.06. The lowest BCUT2D eigenvalue weighted by molar-refractivity contribution is 0.256. The molecule has 8 nitrogen and oxygen atoms in total. The van der Waals surface area contributed by atoms with E-state index in [2.05, 4.69) is 20.1 Å². The first kappa shape index (κ1) is 21.4. The molecule has 0 radical (unpaired) electrons. The molecule has 0 aliphatic carbocycles. The number of aromatic amines is 1. The number of urea groups is 1. The minimum Gasteiger partial charge on any atom is -0.457 e. The highest BCUT2D eigenvalue weighted by molar-refractivity contribution is 5.98. The number of hydrogen-bond donors (Lipinski definition) is 2. The third-order valence-corrected chi connectivity index (χ3v) is 5.72. The number of benzene rings is 2. The van der Waals surface area contributed by atoms with E-state index in [-0.39, 0.29) is 11.4 Å². The summed E-state index contributed by atoms with van der Waals surface area (Å²) in [7, 11) is 0. The Bertz CT molecular complexity index is 1290. The lowest BCUT2D eigenvalue weighted by Gasteiger charge is -2.23. The summed E-state index contributed by atoms with van der Waals surface area (Å²) in [5, 5.41) is 6.65. The van der Waals surface area contributed by atoms with Crippen LogP contribution in [0.15, 0.2) is 73.2 Å². The molecule has 0 spiro atoms. The Morgan fingerprint density at radius 1 is 1.06 bits per heavy atom. The molecule has 1 fully saturated rings. The van der Waals surface area contributed by atoms with Gasteiger partial charge in [0.15, 0.2) is 5.82 Å². The normalized spacial score (nSPS) is 13.1. The molecule has 4 aromatic rings. The van der Waals surface area contributed by atoms with E-state index in [4.69, 9.17) is 10.5 Å². The molecule has 3 N–H and O–H groups in total. The number of hydrogen-bond acceptors (Lipinski definition) is 5. The summed E-state index contributed by atoms with van der Waals surface area (Å²) in [4.78, 5) is 20.0. The number of nitrogens with zero attached hydrogens (tertiary/aromatic N) is 4. The van der Waals surface area contributed by atoms with Crippen molar-refractivity contribution < 1.29 is 13.9 Å². The van der Waals surface area contributed by atoms with Gasteiger partial charge in [0.1, 0.15) is 11.5 Å². The molecule has 2 aromatic carbocycles. The smallest absolute Gasteiger partial charge is 0.323 e. The van der Waals surface area contributed by atoms with Crippen LogP contribution in [0.5, 0.6) is 11.5 Å². The maximum atomic E-state index is 15.1. The monoisotopic (exact) mass is 458 g/mol. The zero-order valence-corrected chi connectivity index (χ0v) is 18.3. The summed E-state index contributed by atoms with van der Waals surface area (Å²) in [6, 6.07) is 14.3. The van der Waals surface area contributed by atoms with Gasteiger partial charge in [0, 0.05) is 48.9 Å². The van der Waals surface area contributed by atoms with Crippen LogP contribution in [0.4, 0.5) is 26.2 Å². The second-order valence-electron chi connectivity index (χ2n) is 7.96. The van der Waals surface area contributed by atoms with E-state index in [0.29, 0.717) is 17.1 Å². The number of ether oxygens (including phenoxy) is 1. The van der Waals surface area contributed by atoms with Gasteiger partial charge in [0.2, 0.25) is 0 Å². The lowest BCUT2D eigenvalue weighted by atomic mass is 10.2. The molecule has 0 atom stereocenters. The second-order valence-corrected chi connectivity index (χ2v) is 7.96. The van der Waals surface area contributed by atoms with Crippen molar-refractivity contribution in [1.29, 1.82) is 0 Å². The molecular formula is C25H23FN6O2. The maximum Gasteiger partial charge on any atom is 0.323 e. The molecule has 0 unspecified atom stereocenters. The van der Waals surface area contributed by atoms with Crippen molar-refractivity contribution in [3.63, 3.8) is 0 Å². The number of aromatic nitrogens is 3. The van der Waals surface area contributed by atoms with Gasteiger partial charge in [-0.15, -0.1) is 0 Å². The van der Waals surface area contributed by atoms with Crippen molar-refractivity contribution in [2.24, 2.45) is 5.73 Å². The van der Waals surface area contributed by atoms with Gasteiger partial charge in [-0.2, -0.15) is 5.10 Å². The molecule has 0 bridgehead atoms. The molecule has 1 saturated heterocycles. The Hall–Kier alpha value is -4.40. The Balaban J connectivity index is 1.37. The summed E-state index contributed by atoms with van der Waals surface area (Å²) in [5.41, 5.74) is 8.69. The highest BCUT2D eigenvalue weighted by Crippen LogP contribution is 2.33. The van der Waals surface area contributed by atoms with Crippen LogP contribution in [-0.4, -0.2) is 34.3 Å². The average Bonchev–Trinajstić information content (AvgIpc) is 3.56.